The van der Waals surface area contributed by atoms with E-state index in [0.29, 0.717) is 11.8 Å². The fourth-order valence-corrected chi connectivity index (χ4v) is 10.4. The predicted octanol–water partition coefficient (Wildman–Crippen LogP) is 10.9. The molecular formula is C58H63Cl2F3Zr-2. The molecule has 3 aliphatic carbocycles. The summed E-state index contributed by atoms with van der Waals surface area (Å²) in [4.78, 5) is 0. The fraction of sp³-hybridized carbons (Fsp3) is 0.379. The number of benzene rings is 5. The van der Waals surface area contributed by atoms with Gasteiger partial charge in [-0.25, -0.2) is 12.1 Å². The maximum atomic E-state index is 12.0. The van der Waals surface area contributed by atoms with Crippen LogP contribution in [0.3, 0.4) is 0 Å². The molecule has 2 fully saturated rings. The Morgan fingerprint density at radius 2 is 1.06 bits per heavy atom. The largest absolute Gasteiger partial charge is 1.00 e. The van der Waals surface area contributed by atoms with Gasteiger partial charge in [0.15, 0.2) is 0 Å². The van der Waals surface area contributed by atoms with Crippen molar-refractivity contribution in [1.29, 1.82) is 0 Å². The molecule has 0 radical (unpaired) electrons. The minimum absolute atomic E-state index is 0. The van der Waals surface area contributed by atoms with Crippen LogP contribution in [0.5, 0.6) is 0 Å². The summed E-state index contributed by atoms with van der Waals surface area (Å²) in [6.45, 7) is 14.4. The molecular weight excluding hydrogens is 916 g/mol. The topological polar surface area (TPSA) is 0 Å². The van der Waals surface area contributed by atoms with Crippen molar-refractivity contribution in [2.45, 2.75) is 141 Å². The van der Waals surface area contributed by atoms with Crippen molar-refractivity contribution in [3.8, 4) is 33.4 Å². The van der Waals surface area contributed by atoms with E-state index in [1.54, 1.807) is 11.1 Å². The van der Waals surface area contributed by atoms with Crippen LogP contribution in [0.25, 0.3) is 33.4 Å². The minimum atomic E-state index is -4.22. The van der Waals surface area contributed by atoms with Crippen molar-refractivity contribution >= 4 is 3.71 Å². The summed E-state index contributed by atoms with van der Waals surface area (Å²) in [5, 5.41) is 0. The maximum Gasteiger partial charge on any atom is -0.172 e. The van der Waals surface area contributed by atoms with Crippen molar-refractivity contribution < 1.29 is 62.2 Å². The third-order valence-electron chi connectivity index (χ3n) is 13.2. The molecule has 2 saturated carbocycles. The molecule has 6 aromatic rings. The van der Waals surface area contributed by atoms with Crippen LogP contribution in [0.4, 0.5) is 13.2 Å². The predicted molar refractivity (Wildman–Crippen MR) is 252 cm³/mol. The van der Waals surface area contributed by atoms with E-state index in [1.165, 1.54) is 156 Å². The fourth-order valence-electron chi connectivity index (χ4n) is 9.94. The molecule has 9 rings (SSSR count). The first-order valence-electron chi connectivity index (χ1n) is 22.9. The van der Waals surface area contributed by atoms with Gasteiger partial charge in [-0.15, -0.1) is 28.8 Å². The van der Waals surface area contributed by atoms with Gasteiger partial charge in [-0.05, 0) is 82.6 Å². The molecule has 0 aromatic heterocycles. The summed E-state index contributed by atoms with van der Waals surface area (Å²) in [6, 6.07) is 45.6. The number of hydrogen-bond donors (Lipinski definition) is 0. The van der Waals surface area contributed by atoms with Crippen LogP contribution in [0, 0.1) is 6.07 Å². The minimum Gasteiger partial charge on any atom is -1.00 e. The smallest absolute Gasteiger partial charge is 0.172 e. The van der Waals surface area contributed by atoms with Gasteiger partial charge >= 0.3 is 82.7 Å². The first-order chi connectivity index (χ1) is 29.6. The van der Waals surface area contributed by atoms with Gasteiger partial charge in [-0.1, -0.05) is 163 Å². The molecule has 336 valence electrons. The third-order valence-corrected chi connectivity index (χ3v) is 14.0. The summed E-state index contributed by atoms with van der Waals surface area (Å²) in [5.74, 6) is 1.35. The molecule has 3 aliphatic rings. The second kappa shape index (κ2) is 22.4. The van der Waals surface area contributed by atoms with E-state index >= 15 is 0 Å². The summed E-state index contributed by atoms with van der Waals surface area (Å²) >= 11 is 1.18. The van der Waals surface area contributed by atoms with Crippen LogP contribution in [-0.4, -0.2) is 3.71 Å². The molecule has 0 atom stereocenters. The van der Waals surface area contributed by atoms with Crippen LogP contribution >= 0.6 is 0 Å². The van der Waals surface area contributed by atoms with Crippen molar-refractivity contribution in [3.05, 3.63) is 172 Å². The van der Waals surface area contributed by atoms with E-state index in [-0.39, 0.29) is 35.6 Å². The molecule has 0 heterocycles. The van der Waals surface area contributed by atoms with Gasteiger partial charge < -0.3 is 24.8 Å². The molecule has 0 amide bonds. The summed E-state index contributed by atoms with van der Waals surface area (Å²) in [5.41, 5.74) is 17.7. The molecule has 0 saturated heterocycles. The van der Waals surface area contributed by atoms with Gasteiger partial charge in [0.25, 0.3) is 0 Å². The Morgan fingerprint density at radius 1 is 0.562 bits per heavy atom. The van der Waals surface area contributed by atoms with Crippen molar-refractivity contribution in [2.24, 2.45) is 0 Å². The first kappa shape index (κ1) is 51.6. The maximum absolute atomic E-state index is 12.0. The van der Waals surface area contributed by atoms with E-state index in [9.17, 15) is 13.2 Å². The summed E-state index contributed by atoms with van der Waals surface area (Å²) < 4.78 is 37.9. The van der Waals surface area contributed by atoms with Gasteiger partial charge in [0.2, 0.25) is 0 Å². The Morgan fingerprint density at radius 3 is 1.55 bits per heavy atom. The van der Waals surface area contributed by atoms with Crippen LogP contribution in [0.15, 0.2) is 121 Å². The van der Waals surface area contributed by atoms with Gasteiger partial charge in [-0.2, -0.15) is 18.2 Å². The Bertz CT molecular complexity index is 2270. The Kier molecular flexibility index (Phi) is 18.0. The van der Waals surface area contributed by atoms with Crippen LogP contribution < -0.4 is 24.8 Å². The van der Waals surface area contributed by atoms with Gasteiger partial charge in [0, 0.05) is 0 Å². The zero-order valence-corrected chi connectivity index (χ0v) is 42.4. The number of hydrogen-bond acceptors (Lipinski definition) is 0. The SMILES string of the molecule is CC(C)(C)c1cc2c([c-]c1-c1ccccc1C1CCCCC1)Cc1cc(-c3ccccc3C3CCCCC3)c(C(C)(C)C)cc1-2.FC(F)(F)c1ccc([CH]=[Zr+2])cc1.[Cl-].[Cl-].c1cc[cH-]c1. The number of fused-ring (bicyclic) bond motifs is 3. The number of halogens is 5. The number of rotatable bonds is 5. The molecule has 64 heavy (non-hydrogen) atoms. The van der Waals surface area contributed by atoms with E-state index in [1.807, 2.05) is 34.0 Å². The Hall–Kier alpha value is -3.43. The second-order valence-electron chi connectivity index (χ2n) is 19.8. The quantitative estimate of drug-likeness (QED) is 0.151. The third kappa shape index (κ3) is 12.3. The van der Waals surface area contributed by atoms with Crippen molar-refractivity contribution in [3.63, 3.8) is 0 Å². The average Bonchev–Trinajstić information content (AvgIpc) is 3.98. The molecule has 0 spiro atoms. The molecule has 6 heteroatoms. The molecule has 0 nitrogen and oxygen atoms in total. The van der Waals surface area contributed by atoms with E-state index in [2.05, 4.69) is 114 Å². The molecule has 0 aliphatic heterocycles. The second-order valence-corrected chi connectivity index (χ2v) is 20.5. The summed E-state index contributed by atoms with van der Waals surface area (Å²) in [7, 11) is 0. The van der Waals surface area contributed by atoms with Gasteiger partial charge in [0.05, 0.1) is 0 Å². The Balaban J connectivity index is 0.000000340. The summed E-state index contributed by atoms with van der Waals surface area (Å²) in [6.07, 6.45) is 10.3. The zero-order chi connectivity index (χ0) is 44.1. The normalized spacial score (nSPS) is 15.2. The Labute approximate surface area is 409 Å². The zero-order valence-electron chi connectivity index (χ0n) is 38.4. The van der Waals surface area contributed by atoms with Crippen molar-refractivity contribution in [1.82, 2.24) is 0 Å². The average molecular weight is 979 g/mol. The van der Waals surface area contributed by atoms with E-state index < -0.39 is 11.7 Å². The molecule has 0 bridgehead atoms. The molecule has 0 unspecified atom stereocenters. The van der Waals surface area contributed by atoms with Crippen molar-refractivity contribution in [2.75, 3.05) is 0 Å². The van der Waals surface area contributed by atoms with Gasteiger partial charge in [-0.3, -0.25) is 0 Å². The van der Waals surface area contributed by atoms with Gasteiger partial charge in [0.1, 0.15) is 0 Å². The van der Waals surface area contributed by atoms with Crippen LogP contribution in [0.1, 0.15) is 162 Å². The molecule has 0 N–H and O–H groups in total. The monoisotopic (exact) mass is 976 g/mol. The van der Waals surface area contributed by atoms with Crippen LogP contribution in [-0.2, 0) is 47.7 Å². The van der Waals surface area contributed by atoms with E-state index in [0.717, 1.165) is 24.1 Å². The van der Waals surface area contributed by atoms with Crippen LogP contribution in [0.2, 0.25) is 0 Å². The number of alkyl halides is 3. The first-order valence-corrected chi connectivity index (χ1v) is 24.4. The van der Waals surface area contributed by atoms with E-state index in [4.69, 9.17) is 0 Å². The standard InChI is InChI=1S/C45H53.C8H5F3.C5H5.2ClH.Zr/c1-44(2,3)42-28-38-32(26-40(42)36-23-15-13-21-34(36)30-17-9-7-10-18-30)25-33-27-41(43(29-39(33)38)45(4,5)6)37-24-16-14-22-35(37)31-19-11-8-12-20-31;1-6-2-4-7(5-3-6)8(9,10)11;1-2-4-5-3-1;;;/h13-16,21-24,26,28-31H,7-12,17-20,25H2,1-6H3;1-5H;1-5H;2*1H;/q-1;;-1;;;+2/p-2. The molecule has 6 aromatic carbocycles.